The van der Waals surface area contributed by atoms with E-state index in [0.717, 1.165) is 19.6 Å². The molecule has 2 rings (SSSR count). The van der Waals surface area contributed by atoms with Gasteiger partial charge in [-0.3, -0.25) is 4.90 Å². The lowest BCUT2D eigenvalue weighted by atomic mass is 10.3. The molecule has 1 saturated heterocycles. The van der Waals surface area contributed by atoms with Crippen LogP contribution in [0.15, 0.2) is 24.3 Å². The van der Waals surface area contributed by atoms with Gasteiger partial charge in [-0.15, -0.1) is 12.4 Å². The van der Waals surface area contributed by atoms with Gasteiger partial charge in [0, 0.05) is 26.2 Å². The summed E-state index contributed by atoms with van der Waals surface area (Å²) in [6, 6.07) is 6.44. The summed E-state index contributed by atoms with van der Waals surface area (Å²) in [7, 11) is 0. The summed E-state index contributed by atoms with van der Waals surface area (Å²) >= 11 is 0. The van der Waals surface area contributed by atoms with Crippen LogP contribution < -0.4 is 10.5 Å². The average Bonchev–Trinajstić information content (AvgIpc) is 2.41. The minimum Gasteiger partial charge on any atom is -0.489 e. The molecule has 1 fully saturated rings. The molecular formula is C13H20ClFN2O2. The number of para-hydroxylation sites is 1. The SMILES string of the molecule is Cl.NCC1CN(CCOc2ccccc2F)CCO1. The first-order valence-electron chi connectivity index (χ1n) is 6.21. The molecule has 108 valence electrons. The second-order valence-corrected chi connectivity index (χ2v) is 4.31. The molecule has 2 N–H and O–H groups in total. The highest BCUT2D eigenvalue weighted by atomic mass is 35.5. The van der Waals surface area contributed by atoms with Crippen molar-refractivity contribution in [2.45, 2.75) is 6.10 Å². The highest BCUT2D eigenvalue weighted by Gasteiger charge is 2.18. The number of halogens is 2. The van der Waals surface area contributed by atoms with Gasteiger partial charge in [0.05, 0.1) is 12.7 Å². The Balaban J connectivity index is 0.00000180. The molecule has 0 saturated carbocycles. The summed E-state index contributed by atoms with van der Waals surface area (Å²) in [4.78, 5) is 2.22. The molecule has 0 spiro atoms. The van der Waals surface area contributed by atoms with Crippen molar-refractivity contribution >= 4 is 12.4 Å². The molecule has 0 amide bonds. The lowest BCUT2D eigenvalue weighted by Gasteiger charge is -2.32. The van der Waals surface area contributed by atoms with Crippen LogP contribution in [0.2, 0.25) is 0 Å². The Kier molecular flexibility index (Phi) is 7.09. The van der Waals surface area contributed by atoms with Crippen molar-refractivity contribution in [2.24, 2.45) is 5.73 Å². The Morgan fingerprint density at radius 1 is 1.42 bits per heavy atom. The van der Waals surface area contributed by atoms with Crippen molar-refractivity contribution in [3.8, 4) is 5.75 Å². The number of hydrogen-bond acceptors (Lipinski definition) is 4. The summed E-state index contributed by atoms with van der Waals surface area (Å²) in [5, 5.41) is 0. The fourth-order valence-corrected chi connectivity index (χ4v) is 1.97. The average molecular weight is 291 g/mol. The third-order valence-electron chi connectivity index (χ3n) is 2.99. The van der Waals surface area contributed by atoms with E-state index in [9.17, 15) is 4.39 Å². The van der Waals surface area contributed by atoms with Gasteiger partial charge < -0.3 is 15.2 Å². The van der Waals surface area contributed by atoms with Crippen molar-refractivity contribution in [1.29, 1.82) is 0 Å². The largest absolute Gasteiger partial charge is 0.489 e. The van der Waals surface area contributed by atoms with Crippen LogP contribution in [-0.4, -0.2) is 50.4 Å². The lowest BCUT2D eigenvalue weighted by molar-refractivity contribution is -0.0262. The molecule has 4 nitrogen and oxygen atoms in total. The Hall–Kier alpha value is -0.880. The van der Waals surface area contributed by atoms with Crippen molar-refractivity contribution in [3.63, 3.8) is 0 Å². The van der Waals surface area contributed by atoms with Crippen LogP contribution in [0.1, 0.15) is 0 Å². The zero-order chi connectivity index (χ0) is 12.8. The Morgan fingerprint density at radius 3 is 2.95 bits per heavy atom. The van der Waals surface area contributed by atoms with Gasteiger partial charge in [0.1, 0.15) is 6.61 Å². The fourth-order valence-electron chi connectivity index (χ4n) is 1.97. The third-order valence-corrected chi connectivity index (χ3v) is 2.99. The van der Waals surface area contributed by atoms with E-state index in [1.165, 1.54) is 6.07 Å². The zero-order valence-corrected chi connectivity index (χ0v) is 11.6. The molecule has 6 heteroatoms. The van der Waals surface area contributed by atoms with Gasteiger partial charge in [-0.25, -0.2) is 4.39 Å². The number of ether oxygens (including phenoxy) is 2. The lowest BCUT2D eigenvalue weighted by Crippen LogP contribution is -2.46. The number of benzene rings is 1. The van der Waals surface area contributed by atoms with E-state index in [0.29, 0.717) is 25.5 Å². The number of morpholine rings is 1. The van der Waals surface area contributed by atoms with Crippen LogP contribution in [-0.2, 0) is 4.74 Å². The van der Waals surface area contributed by atoms with Crippen LogP contribution in [0, 0.1) is 5.82 Å². The van der Waals surface area contributed by atoms with E-state index >= 15 is 0 Å². The standard InChI is InChI=1S/C13H19FN2O2.ClH/c14-12-3-1-2-4-13(12)18-8-6-16-5-7-17-11(9-15)10-16;/h1-4,11H,5-10,15H2;1H. The summed E-state index contributed by atoms with van der Waals surface area (Å²) in [5.74, 6) is -0.0135. The van der Waals surface area contributed by atoms with E-state index < -0.39 is 0 Å². The molecule has 1 heterocycles. The Morgan fingerprint density at radius 2 is 2.21 bits per heavy atom. The molecule has 0 aliphatic carbocycles. The number of nitrogens with zero attached hydrogens (tertiary/aromatic N) is 1. The minimum atomic E-state index is -0.320. The van der Waals surface area contributed by atoms with Crippen molar-refractivity contribution in [1.82, 2.24) is 4.90 Å². The monoisotopic (exact) mass is 290 g/mol. The smallest absolute Gasteiger partial charge is 0.165 e. The number of rotatable bonds is 5. The highest BCUT2D eigenvalue weighted by Crippen LogP contribution is 2.15. The normalized spacial score (nSPS) is 19.8. The van der Waals surface area contributed by atoms with E-state index in [1.54, 1.807) is 18.2 Å². The van der Waals surface area contributed by atoms with Crippen LogP contribution in [0.3, 0.4) is 0 Å². The molecule has 0 aromatic heterocycles. The van der Waals surface area contributed by atoms with E-state index in [2.05, 4.69) is 4.90 Å². The summed E-state index contributed by atoms with van der Waals surface area (Å²) in [6.07, 6.45) is 0.104. The van der Waals surface area contributed by atoms with Crippen LogP contribution in [0.4, 0.5) is 4.39 Å². The third kappa shape index (κ3) is 4.95. The van der Waals surface area contributed by atoms with Crippen LogP contribution in [0.5, 0.6) is 5.75 Å². The first-order chi connectivity index (χ1) is 8.79. The van der Waals surface area contributed by atoms with Crippen molar-refractivity contribution in [3.05, 3.63) is 30.1 Å². The number of nitrogens with two attached hydrogens (primary N) is 1. The molecule has 19 heavy (non-hydrogen) atoms. The predicted molar refractivity (Wildman–Crippen MR) is 74.4 cm³/mol. The second kappa shape index (κ2) is 8.32. The minimum absolute atomic E-state index is 0. The molecule has 0 radical (unpaired) electrons. The zero-order valence-electron chi connectivity index (χ0n) is 10.8. The molecule has 1 aliphatic heterocycles. The van der Waals surface area contributed by atoms with Gasteiger partial charge in [0.15, 0.2) is 11.6 Å². The molecular weight excluding hydrogens is 271 g/mol. The van der Waals surface area contributed by atoms with Crippen molar-refractivity contribution < 1.29 is 13.9 Å². The van der Waals surface area contributed by atoms with E-state index in [-0.39, 0.29) is 24.3 Å². The first kappa shape index (κ1) is 16.2. The molecule has 1 aliphatic rings. The van der Waals surface area contributed by atoms with Gasteiger partial charge >= 0.3 is 0 Å². The van der Waals surface area contributed by atoms with Gasteiger partial charge in [-0.1, -0.05) is 12.1 Å². The first-order valence-corrected chi connectivity index (χ1v) is 6.21. The maximum atomic E-state index is 13.3. The van der Waals surface area contributed by atoms with E-state index in [4.69, 9.17) is 15.2 Å². The predicted octanol–water partition coefficient (Wildman–Crippen LogP) is 1.29. The van der Waals surface area contributed by atoms with Gasteiger partial charge in [0.25, 0.3) is 0 Å². The summed E-state index contributed by atoms with van der Waals surface area (Å²) < 4.78 is 24.2. The Labute approximate surface area is 119 Å². The number of hydrogen-bond donors (Lipinski definition) is 1. The van der Waals surface area contributed by atoms with Crippen LogP contribution in [0.25, 0.3) is 0 Å². The quantitative estimate of drug-likeness (QED) is 0.888. The molecule has 0 bridgehead atoms. The molecule has 1 aromatic rings. The maximum Gasteiger partial charge on any atom is 0.165 e. The fraction of sp³-hybridized carbons (Fsp3) is 0.538. The molecule has 1 unspecified atom stereocenters. The highest BCUT2D eigenvalue weighted by molar-refractivity contribution is 5.85. The van der Waals surface area contributed by atoms with Crippen LogP contribution >= 0.6 is 12.4 Å². The van der Waals surface area contributed by atoms with Crippen molar-refractivity contribution in [2.75, 3.05) is 39.4 Å². The summed E-state index contributed by atoms with van der Waals surface area (Å²) in [6.45, 7) is 4.15. The Bertz CT molecular complexity index is 381. The second-order valence-electron chi connectivity index (χ2n) is 4.31. The topological polar surface area (TPSA) is 47.7 Å². The molecule has 1 atom stereocenters. The molecule has 1 aromatic carbocycles. The van der Waals surface area contributed by atoms with Gasteiger partial charge in [0.2, 0.25) is 0 Å². The van der Waals surface area contributed by atoms with Gasteiger partial charge in [-0.2, -0.15) is 0 Å². The van der Waals surface area contributed by atoms with E-state index in [1.807, 2.05) is 0 Å². The summed E-state index contributed by atoms with van der Waals surface area (Å²) in [5.41, 5.74) is 5.57. The van der Waals surface area contributed by atoms with Gasteiger partial charge in [-0.05, 0) is 12.1 Å². The maximum absolute atomic E-state index is 13.3.